The van der Waals surface area contributed by atoms with Crippen molar-refractivity contribution in [2.24, 2.45) is 0 Å². The Balaban J connectivity index is 2.35. The van der Waals surface area contributed by atoms with Gasteiger partial charge >= 0.3 is 0 Å². The lowest BCUT2D eigenvalue weighted by atomic mass is 9.95. The molecule has 2 heterocycles. The van der Waals surface area contributed by atoms with Crippen molar-refractivity contribution in [1.29, 1.82) is 0 Å². The molecule has 24 heavy (non-hydrogen) atoms. The number of hydrogen-bond donors (Lipinski definition) is 1. The van der Waals surface area contributed by atoms with E-state index in [-0.39, 0.29) is 11.3 Å². The zero-order valence-electron chi connectivity index (χ0n) is 15.1. The summed E-state index contributed by atoms with van der Waals surface area (Å²) in [6.07, 6.45) is 3.25. The summed E-state index contributed by atoms with van der Waals surface area (Å²) in [5.41, 5.74) is 0.288. The summed E-state index contributed by atoms with van der Waals surface area (Å²) in [5.74, 6) is 1.96. The topological polar surface area (TPSA) is 71.3 Å². The van der Waals surface area contributed by atoms with Crippen molar-refractivity contribution < 1.29 is 9.21 Å². The largest absolute Gasteiger partial charge is 0.467 e. The predicted molar refractivity (Wildman–Crippen MR) is 94.0 cm³/mol. The third kappa shape index (κ3) is 4.13. The highest BCUT2D eigenvalue weighted by Gasteiger charge is 2.23. The summed E-state index contributed by atoms with van der Waals surface area (Å²) < 4.78 is 5.34. The molecule has 0 aromatic carbocycles. The maximum absolute atomic E-state index is 12.7. The first-order chi connectivity index (χ1) is 11.4. The van der Waals surface area contributed by atoms with Crippen LogP contribution in [0.1, 0.15) is 56.6 Å². The van der Waals surface area contributed by atoms with Gasteiger partial charge in [-0.3, -0.25) is 4.79 Å². The van der Waals surface area contributed by atoms with E-state index in [0.29, 0.717) is 36.8 Å². The number of amides is 1. The van der Waals surface area contributed by atoms with Gasteiger partial charge < -0.3 is 14.6 Å². The van der Waals surface area contributed by atoms with Crippen LogP contribution in [0.15, 0.2) is 29.0 Å². The summed E-state index contributed by atoms with van der Waals surface area (Å²) in [6, 6.07) is 3.71. The van der Waals surface area contributed by atoms with Crippen molar-refractivity contribution >= 4 is 11.7 Å². The van der Waals surface area contributed by atoms with Crippen LogP contribution in [0.4, 0.5) is 5.82 Å². The van der Waals surface area contributed by atoms with Gasteiger partial charge in [0.25, 0.3) is 5.91 Å². The van der Waals surface area contributed by atoms with Crippen LogP contribution in [0.5, 0.6) is 0 Å². The summed E-state index contributed by atoms with van der Waals surface area (Å²) >= 11 is 0. The molecule has 0 fully saturated rings. The fraction of sp³-hybridized carbons (Fsp3) is 0.500. The van der Waals surface area contributed by atoms with E-state index in [1.54, 1.807) is 17.4 Å². The highest BCUT2D eigenvalue weighted by Crippen LogP contribution is 2.23. The van der Waals surface area contributed by atoms with Gasteiger partial charge in [-0.25, -0.2) is 9.97 Å². The monoisotopic (exact) mass is 330 g/mol. The quantitative estimate of drug-likeness (QED) is 0.878. The van der Waals surface area contributed by atoms with Gasteiger partial charge in [0.2, 0.25) is 0 Å². The Morgan fingerprint density at radius 1 is 1.29 bits per heavy atom. The first-order valence-corrected chi connectivity index (χ1v) is 8.29. The van der Waals surface area contributed by atoms with Crippen molar-refractivity contribution in [2.75, 3.05) is 18.4 Å². The molecule has 0 bridgehead atoms. The Morgan fingerprint density at radius 2 is 2.00 bits per heavy atom. The van der Waals surface area contributed by atoms with Gasteiger partial charge in [-0.2, -0.15) is 0 Å². The number of aromatic nitrogens is 2. The van der Waals surface area contributed by atoms with Gasteiger partial charge in [-0.1, -0.05) is 20.8 Å². The number of nitrogens with zero attached hydrogens (tertiary/aromatic N) is 3. The molecule has 0 aliphatic carbocycles. The van der Waals surface area contributed by atoms with Gasteiger partial charge in [0, 0.05) is 24.7 Å². The maximum Gasteiger partial charge on any atom is 0.259 e. The Labute approximate surface area is 143 Å². The van der Waals surface area contributed by atoms with Gasteiger partial charge in [-0.15, -0.1) is 0 Å². The van der Waals surface area contributed by atoms with Gasteiger partial charge in [0.15, 0.2) is 0 Å². The lowest BCUT2D eigenvalue weighted by Gasteiger charge is -2.22. The zero-order chi connectivity index (χ0) is 17.7. The molecular weight excluding hydrogens is 304 g/mol. The molecule has 0 saturated heterocycles. The molecule has 130 valence electrons. The van der Waals surface area contributed by atoms with E-state index in [9.17, 15) is 4.79 Å². The summed E-state index contributed by atoms with van der Waals surface area (Å²) in [4.78, 5) is 23.5. The van der Waals surface area contributed by atoms with E-state index in [2.05, 4.69) is 15.3 Å². The standard InChI is InChI=1S/C18H26N4O2/c1-6-22(7-2)16(23)14-12-20-17(18(3,4)5)21-15(14)19-11-13-9-8-10-24-13/h8-10,12H,6-7,11H2,1-5H3,(H,19,20,21). The Morgan fingerprint density at radius 3 is 2.54 bits per heavy atom. The van der Waals surface area contributed by atoms with Crippen molar-refractivity contribution in [3.63, 3.8) is 0 Å². The average Bonchev–Trinajstić information content (AvgIpc) is 3.06. The highest BCUT2D eigenvalue weighted by atomic mass is 16.3. The molecule has 0 radical (unpaired) electrons. The minimum atomic E-state index is -0.197. The van der Waals surface area contributed by atoms with Crippen LogP contribution in [0.2, 0.25) is 0 Å². The minimum absolute atomic E-state index is 0.0672. The van der Waals surface area contributed by atoms with E-state index in [4.69, 9.17) is 4.42 Å². The first-order valence-electron chi connectivity index (χ1n) is 8.29. The maximum atomic E-state index is 12.7. The molecule has 0 aliphatic rings. The summed E-state index contributed by atoms with van der Waals surface area (Å²) in [7, 11) is 0. The van der Waals surface area contributed by atoms with Crippen molar-refractivity contribution in [1.82, 2.24) is 14.9 Å². The Bertz CT molecular complexity index is 671. The van der Waals surface area contributed by atoms with Crippen LogP contribution < -0.4 is 5.32 Å². The molecule has 0 unspecified atom stereocenters. The third-order valence-electron chi connectivity index (χ3n) is 3.75. The summed E-state index contributed by atoms with van der Waals surface area (Å²) in [6.45, 7) is 11.8. The van der Waals surface area contributed by atoms with E-state index in [0.717, 1.165) is 5.76 Å². The first kappa shape index (κ1) is 18.0. The minimum Gasteiger partial charge on any atom is -0.467 e. The summed E-state index contributed by atoms with van der Waals surface area (Å²) in [5, 5.41) is 3.22. The number of carbonyl (C=O) groups is 1. The molecule has 6 nitrogen and oxygen atoms in total. The molecule has 1 N–H and O–H groups in total. The average molecular weight is 330 g/mol. The van der Waals surface area contributed by atoms with Crippen LogP contribution in [0.3, 0.4) is 0 Å². The van der Waals surface area contributed by atoms with Gasteiger partial charge in [-0.05, 0) is 26.0 Å². The van der Waals surface area contributed by atoms with Gasteiger partial charge in [0.1, 0.15) is 23.0 Å². The normalized spacial score (nSPS) is 11.4. The van der Waals surface area contributed by atoms with Crippen LogP contribution in [-0.2, 0) is 12.0 Å². The number of carbonyl (C=O) groups excluding carboxylic acids is 1. The van der Waals surface area contributed by atoms with Crippen molar-refractivity contribution in [2.45, 2.75) is 46.6 Å². The number of furan rings is 1. The van der Waals surface area contributed by atoms with Crippen molar-refractivity contribution in [3.05, 3.63) is 41.7 Å². The van der Waals surface area contributed by atoms with Crippen LogP contribution in [-0.4, -0.2) is 33.9 Å². The zero-order valence-corrected chi connectivity index (χ0v) is 15.1. The number of rotatable bonds is 6. The van der Waals surface area contributed by atoms with Crippen molar-refractivity contribution in [3.8, 4) is 0 Å². The molecule has 2 rings (SSSR count). The second-order valence-corrected chi connectivity index (χ2v) is 6.62. The lowest BCUT2D eigenvalue weighted by Crippen LogP contribution is -2.32. The van der Waals surface area contributed by atoms with E-state index in [1.807, 2.05) is 46.8 Å². The second kappa shape index (κ2) is 7.47. The predicted octanol–water partition coefficient (Wildman–Crippen LogP) is 3.46. The van der Waals surface area contributed by atoms with Crippen LogP contribution in [0, 0.1) is 0 Å². The molecule has 2 aromatic heterocycles. The third-order valence-corrected chi connectivity index (χ3v) is 3.75. The number of anilines is 1. The Kier molecular flexibility index (Phi) is 5.59. The van der Waals surface area contributed by atoms with E-state index >= 15 is 0 Å². The van der Waals surface area contributed by atoms with E-state index in [1.165, 1.54) is 0 Å². The van der Waals surface area contributed by atoms with E-state index < -0.39 is 0 Å². The Hall–Kier alpha value is -2.37. The fourth-order valence-corrected chi connectivity index (χ4v) is 2.30. The molecular formula is C18H26N4O2. The molecule has 0 spiro atoms. The number of nitrogens with one attached hydrogen (secondary N) is 1. The van der Waals surface area contributed by atoms with Crippen LogP contribution in [0.25, 0.3) is 0 Å². The fourth-order valence-electron chi connectivity index (χ4n) is 2.30. The molecule has 2 aromatic rings. The second-order valence-electron chi connectivity index (χ2n) is 6.62. The molecule has 0 atom stereocenters. The van der Waals surface area contributed by atoms with Crippen LogP contribution >= 0.6 is 0 Å². The SMILES string of the molecule is CCN(CC)C(=O)c1cnc(C(C)(C)C)nc1NCc1ccco1. The molecule has 0 aliphatic heterocycles. The van der Waals surface area contributed by atoms with Gasteiger partial charge in [0.05, 0.1) is 12.8 Å². The smallest absolute Gasteiger partial charge is 0.259 e. The molecule has 6 heteroatoms. The molecule has 1 amide bonds. The lowest BCUT2D eigenvalue weighted by molar-refractivity contribution is 0.0773. The molecule has 0 saturated carbocycles. The highest BCUT2D eigenvalue weighted by molar-refractivity contribution is 5.98. The number of hydrogen-bond acceptors (Lipinski definition) is 5.